The van der Waals surface area contributed by atoms with Crippen LogP contribution in [0.4, 0.5) is 19.0 Å². The third-order valence-electron chi connectivity index (χ3n) is 3.48. The molecule has 2 fully saturated rings. The van der Waals surface area contributed by atoms with E-state index in [4.69, 9.17) is 0 Å². The number of carbonyl (C=O) groups excluding carboxylic acids is 1. The molecule has 1 aliphatic heterocycles. The molecule has 0 spiro atoms. The third kappa shape index (κ3) is 2.56. The number of carbonyl (C=O) groups is 1. The van der Waals surface area contributed by atoms with Crippen molar-refractivity contribution in [3.63, 3.8) is 0 Å². The summed E-state index contributed by atoms with van der Waals surface area (Å²) in [6, 6.07) is 3.54. The van der Waals surface area contributed by atoms with Crippen LogP contribution in [0.3, 0.4) is 0 Å². The Kier molecular flexibility index (Phi) is 2.74. The summed E-state index contributed by atoms with van der Waals surface area (Å²) in [5.74, 6) is 0.159. The van der Waals surface area contributed by atoms with E-state index in [0.29, 0.717) is 12.0 Å². The van der Waals surface area contributed by atoms with E-state index in [1.54, 1.807) is 0 Å². The van der Waals surface area contributed by atoms with Crippen molar-refractivity contribution in [2.75, 3.05) is 5.32 Å². The van der Waals surface area contributed by atoms with Gasteiger partial charge in [0.05, 0.1) is 6.04 Å². The lowest BCUT2D eigenvalue weighted by Gasteiger charge is -2.13. The summed E-state index contributed by atoms with van der Waals surface area (Å²) in [5, 5.41) is 5.56. The highest BCUT2D eigenvalue weighted by Crippen LogP contribution is 2.40. The zero-order chi connectivity index (χ0) is 13.6. The van der Waals surface area contributed by atoms with E-state index in [9.17, 15) is 18.0 Å². The number of alkyl halides is 3. The number of rotatable bonds is 2. The van der Waals surface area contributed by atoms with Crippen molar-refractivity contribution < 1.29 is 18.0 Å². The number of aromatic nitrogens is 1. The molecule has 2 aliphatic rings. The topological polar surface area (TPSA) is 54.0 Å². The van der Waals surface area contributed by atoms with E-state index in [1.165, 1.54) is 12.1 Å². The molecule has 1 aliphatic carbocycles. The molecule has 1 aromatic heterocycles. The number of pyridine rings is 1. The van der Waals surface area contributed by atoms with Gasteiger partial charge in [0.2, 0.25) is 5.91 Å². The molecule has 3 atom stereocenters. The highest BCUT2D eigenvalue weighted by molar-refractivity contribution is 5.94. The number of anilines is 1. The molecule has 102 valence electrons. The first-order chi connectivity index (χ1) is 8.93. The predicted molar refractivity (Wildman–Crippen MR) is 61.3 cm³/mol. The molecule has 3 rings (SSSR count). The fraction of sp³-hybridized carbons (Fsp3) is 0.500. The molecule has 2 N–H and O–H groups in total. The van der Waals surface area contributed by atoms with E-state index < -0.39 is 11.9 Å². The van der Waals surface area contributed by atoms with Gasteiger partial charge in [-0.3, -0.25) is 4.79 Å². The Hall–Kier alpha value is -1.63. The van der Waals surface area contributed by atoms with Gasteiger partial charge < -0.3 is 10.6 Å². The monoisotopic (exact) mass is 271 g/mol. The van der Waals surface area contributed by atoms with Crippen LogP contribution < -0.4 is 10.6 Å². The maximum Gasteiger partial charge on any atom is 0.433 e. The molecule has 0 bridgehead atoms. The van der Waals surface area contributed by atoms with E-state index in [2.05, 4.69) is 15.6 Å². The van der Waals surface area contributed by atoms with E-state index in [-0.39, 0.29) is 17.8 Å². The van der Waals surface area contributed by atoms with E-state index in [1.807, 2.05) is 0 Å². The molecule has 7 heteroatoms. The first-order valence-electron chi connectivity index (χ1n) is 6.04. The lowest BCUT2D eigenvalue weighted by Crippen LogP contribution is -2.38. The van der Waals surface area contributed by atoms with Crippen molar-refractivity contribution in [1.82, 2.24) is 10.3 Å². The quantitative estimate of drug-likeness (QED) is 0.862. The standard InChI is InChI=1S/C12H12F3N3O/c13-12(14,15)9-2-1-3-10(17-9)18-11(19)8-5-6-4-7(6)16-8/h1-3,6-8,16H,4-5H2,(H,17,18,19)/t6-,7-,8+/m1/s1. The second-order valence-corrected chi connectivity index (χ2v) is 4.95. The van der Waals surface area contributed by atoms with Gasteiger partial charge in [-0.2, -0.15) is 13.2 Å². The number of hydrogen-bond donors (Lipinski definition) is 2. The zero-order valence-corrected chi connectivity index (χ0v) is 9.87. The number of nitrogens with zero attached hydrogens (tertiary/aromatic N) is 1. The summed E-state index contributed by atoms with van der Waals surface area (Å²) in [4.78, 5) is 15.2. The van der Waals surface area contributed by atoms with Crippen LogP contribution in [-0.4, -0.2) is 23.0 Å². The molecule has 0 unspecified atom stereocenters. The Balaban J connectivity index is 1.67. The first-order valence-corrected chi connectivity index (χ1v) is 6.04. The Morgan fingerprint density at radius 1 is 1.37 bits per heavy atom. The summed E-state index contributed by atoms with van der Waals surface area (Å²) >= 11 is 0. The number of hydrogen-bond acceptors (Lipinski definition) is 3. The molecule has 1 aromatic rings. The van der Waals surface area contributed by atoms with Crippen molar-refractivity contribution in [3.05, 3.63) is 23.9 Å². The van der Waals surface area contributed by atoms with Gasteiger partial charge in [0.1, 0.15) is 11.5 Å². The van der Waals surface area contributed by atoms with E-state index in [0.717, 1.165) is 18.9 Å². The Morgan fingerprint density at radius 3 is 2.79 bits per heavy atom. The normalized spacial score (nSPS) is 28.9. The zero-order valence-electron chi connectivity index (χ0n) is 9.87. The van der Waals surface area contributed by atoms with E-state index >= 15 is 0 Å². The largest absolute Gasteiger partial charge is 0.433 e. The highest BCUT2D eigenvalue weighted by atomic mass is 19.4. The van der Waals surface area contributed by atoms with Crippen LogP contribution in [0.5, 0.6) is 0 Å². The molecule has 0 aromatic carbocycles. The van der Waals surface area contributed by atoms with Gasteiger partial charge in [-0.1, -0.05) is 6.07 Å². The van der Waals surface area contributed by atoms with Crippen molar-refractivity contribution in [2.24, 2.45) is 5.92 Å². The van der Waals surface area contributed by atoms with Gasteiger partial charge in [0.15, 0.2) is 0 Å². The smallest absolute Gasteiger partial charge is 0.309 e. The number of piperidine rings is 1. The number of fused-ring (bicyclic) bond motifs is 1. The lowest BCUT2D eigenvalue weighted by atomic mass is 10.1. The van der Waals surface area contributed by atoms with Gasteiger partial charge in [-0.05, 0) is 30.9 Å². The van der Waals surface area contributed by atoms with Gasteiger partial charge in [-0.25, -0.2) is 4.98 Å². The average molecular weight is 271 g/mol. The van der Waals surface area contributed by atoms with Crippen molar-refractivity contribution in [2.45, 2.75) is 31.1 Å². The molecule has 1 amide bonds. The Labute approximate surface area is 107 Å². The minimum absolute atomic E-state index is 0.0674. The fourth-order valence-corrected chi connectivity index (χ4v) is 2.40. The van der Waals surface area contributed by atoms with Gasteiger partial charge in [-0.15, -0.1) is 0 Å². The highest BCUT2D eigenvalue weighted by Gasteiger charge is 2.47. The van der Waals surface area contributed by atoms with Crippen LogP contribution in [0, 0.1) is 5.92 Å². The molecule has 1 saturated carbocycles. The van der Waals surface area contributed by atoms with Crippen LogP contribution in [0.15, 0.2) is 18.2 Å². The molecule has 1 saturated heterocycles. The Morgan fingerprint density at radius 2 is 2.16 bits per heavy atom. The summed E-state index contributed by atoms with van der Waals surface area (Å²) < 4.78 is 37.4. The molecular formula is C12H12F3N3O. The van der Waals surface area contributed by atoms with Crippen molar-refractivity contribution in [3.8, 4) is 0 Å². The lowest BCUT2D eigenvalue weighted by molar-refractivity contribution is -0.141. The number of halogens is 3. The second kappa shape index (κ2) is 4.19. The summed E-state index contributed by atoms with van der Waals surface area (Å²) in [5.41, 5.74) is -1.01. The molecule has 19 heavy (non-hydrogen) atoms. The summed E-state index contributed by atoms with van der Waals surface area (Å²) in [6.07, 6.45) is -2.67. The number of amides is 1. The maximum atomic E-state index is 12.5. The number of nitrogens with one attached hydrogen (secondary N) is 2. The van der Waals surface area contributed by atoms with Crippen LogP contribution in [0.25, 0.3) is 0 Å². The van der Waals surface area contributed by atoms with Gasteiger partial charge in [0, 0.05) is 6.04 Å². The minimum Gasteiger partial charge on any atom is -0.309 e. The molecular weight excluding hydrogens is 259 g/mol. The van der Waals surface area contributed by atoms with Crippen LogP contribution in [0.2, 0.25) is 0 Å². The van der Waals surface area contributed by atoms with Crippen molar-refractivity contribution >= 4 is 11.7 Å². The minimum atomic E-state index is -4.51. The Bertz CT molecular complexity index is 507. The second-order valence-electron chi connectivity index (χ2n) is 4.95. The first kappa shape index (κ1) is 12.4. The predicted octanol–water partition coefficient (Wildman–Crippen LogP) is 1.79. The van der Waals surface area contributed by atoms with Crippen LogP contribution in [0.1, 0.15) is 18.5 Å². The molecule has 0 radical (unpaired) electrons. The van der Waals surface area contributed by atoms with Crippen LogP contribution >= 0.6 is 0 Å². The molecule has 2 heterocycles. The summed E-state index contributed by atoms with van der Waals surface area (Å²) in [6.45, 7) is 0. The maximum absolute atomic E-state index is 12.5. The molecule has 4 nitrogen and oxygen atoms in total. The SMILES string of the molecule is O=C(Nc1cccc(C(F)(F)F)n1)[C@@H]1C[C@H]2C[C@H]2N1. The van der Waals surface area contributed by atoms with Gasteiger partial charge in [0.25, 0.3) is 0 Å². The third-order valence-corrected chi connectivity index (χ3v) is 3.48. The fourth-order valence-electron chi connectivity index (χ4n) is 2.40. The van der Waals surface area contributed by atoms with Gasteiger partial charge >= 0.3 is 6.18 Å². The summed E-state index contributed by atoms with van der Waals surface area (Å²) in [7, 11) is 0. The average Bonchev–Trinajstić information content (AvgIpc) is 2.95. The van der Waals surface area contributed by atoms with Crippen molar-refractivity contribution in [1.29, 1.82) is 0 Å². The van der Waals surface area contributed by atoms with Crippen LogP contribution in [-0.2, 0) is 11.0 Å².